The molecule has 0 amide bonds. The molecule has 0 radical (unpaired) electrons. The average molecular weight is 292 g/mol. The summed E-state index contributed by atoms with van der Waals surface area (Å²) in [7, 11) is 0. The van der Waals surface area contributed by atoms with Crippen molar-refractivity contribution in [3.63, 3.8) is 0 Å². The first kappa shape index (κ1) is 14.1. The minimum Gasteiger partial charge on any atom is -0.485 e. The Kier molecular flexibility index (Phi) is 4.62. The van der Waals surface area contributed by atoms with Gasteiger partial charge in [-0.2, -0.15) is 0 Å². The molecular weight excluding hydrogens is 276 g/mol. The van der Waals surface area contributed by atoms with E-state index in [4.69, 9.17) is 9.47 Å². The summed E-state index contributed by atoms with van der Waals surface area (Å²) < 4.78 is 11.7. The minimum atomic E-state index is 0.459. The Labute approximate surface area is 129 Å². The van der Waals surface area contributed by atoms with Crippen LogP contribution in [0.4, 0.5) is 0 Å². The van der Waals surface area contributed by atoms with Crippen molar-refractivity contribution in [2.24, 2.45) is 0 Å². The molecule has 110 valence electrons. The molecule has 22 heavy (non-hydrogen) atoms. The third kappa shape index (κ3) is 3.82. The highest BCUT2D eigenvalue weighted by atomic mass is 16.5. The number of pyridine rings is 2. The van der Waals surface area contributed by atoms with E-state index in [9.17, 15) is 0 Å². The normalized spacial score (nSPS) is 10.2. The van der Waals surface area contributed by atoms with Crippen molar-refractivity contribution >= 4 is 0 Å². The lowest BCUT2D eigenvalue weighted by atomic mass is 10.3. The van der Waals surface area contributed by atoms with E-state index >= 15 is 0 Å². The number of hydrogen-bond donors (Lipinski definition) is 0. The molecule has 0 aliphatic heterocycles. The Morgan fingerprint density at radius 1 is 0.636 bits per heavy atom. The largest absolute Gasteiger partial charge is 0.485 e. The highest BCUT2D eigenvalue weighted by Crippen LogP contribution is 2.27. The zero-order chi connectivity index (χ0) is 15.0. The molecule has 0 atom stereocenters. The molecule has 0 aliphatic carbocycles. The van der Waals surface area contributed by atoms with Crippen LogP contribution in [0.15, 0.2) is 73.3 Å². The molecule has 2 heterocycles. The van der Waals surface area contributed by atoms with Gasteiger partial charge in [0.05, 0.1) is 0 Å². The summed E-state index contributed by atoms with van der Waals surface area (Å²) in [5.41, 5.74) is 2.04. The van der Waals surface area contributed by atoms with Crippen molar-refractivity contribution in [1.82, 2.24) is 9.97 Å². The number of benzene rings is 1. The fourth-order valence-corrected chi connectivity index (χ4v) is 1.98. The highest BCUT2D eigenvalue weighted by Gasteiger charge is 2.05. The quantitative estimate of drug-likeness (QED) is 0.696. The summed E-state index contributed by atoms with van der Waals surface area (Å²) in [5.74, 6) is 1.44. The predicted octanol–water partition coefficient (Wildman–Crippen LogP) is 3.63. The van der Waals surface area contributed by atoms with E-state index in [1.165, 1.54) is 0 Å². The number of ether oxygens (including phenoxy) is 2. The summed E-state index contributed by atoms with van der Waals surface area (Å²) >= 11 is 0. The van der Waals surface area contributed by atoms with Gasteiger partial charge in [-0.05, 0) is 24.3 Å². The van der Waals surface area contributed by atoms with Gasteiger partial charge in [-0.1, -0.05) is 24.3 Å². The Balaban J connectivity index is 1.65. The van der Waals surface area contributed by atoms with Crippen LogP contribution in [0.2, 0.25) is 0 Å². The Hall–Kier alpha value is -2.88. The molecule has 0 unspecified atom stereocenters. The summed E-state index contributed by atoms with van der Waals surface area (Å²) in [6.45, 7) is 0.919. The van der Waals surface area contributed by atoms with Gasteiger partial charge < -0.3 is 9.47 Å². The Morgan fingerprint density at radius 3 is 1.55 bits per heavy atom. The number of rotatable bonds is 6. The van der Waals surface area contributed by atoms with E-state index in [2.05, 4.69) is 9.97 Å². The van der Waals surface area contributed by atoms with E-state index in [-0.39, 0.29) is 0 Å². The first-order valence-electron chi connectivity index (χ1n) is 7.04. The van der Waals surface area contributed by atoms with Gasteiger partial charge in [0.1, 0.15) is 13.2 Å². The molecule has 2 aromatic heterocycles. The van der Waals surface area contributed by atoms with Gasteiger partial charge in [0.15, 0.2) is 11.5 Å². The van der Waals surface area contributed by atoms with E-state index in [0.717, 1.165) is 22.6 Å². The molecule has 1 aromatic carbocycles. The SMILES string of the molecule is c1cncc(COc2ccccc2OCc2cccnc2)c1. The van der Waals surface area contributed by atoms with Crippen LogP contribution < -0.4 is 9.47 Å². The summed E-state index contributed by atoms with van der Waals surface area (Å²) in [5, 5.41) is 0. The van der Waals surface area contributed by atoms with Crippen LogP contribution in [-0.4, -0.2) is 9.97 Å². The lowest BCUT2D eigenvalue weighted by molar-refractivity contribution is 0.255. The molecular formula is C18H16N2O2. The summed E-state index contributed by atoms with van der Waals surface area (Å²) in [4.78, 5) is 8.15. The van der Waals surface area contributed by atoms with Crippen molar-refractivity contribution in [3.05, 3.63) is 84.4 Å². The Morgan fingerprint density at radius 2 is 1.14 bits per heavy atom. The van der Waals surface area contributed by atoms with Crippen LogP contribution in [0, 0.1) is 0 Å². The smallest absolute Gasteiger partial charge is 0.161 e. The Bertz CT molecular complexity index is 640. The van der Waals surface area contributed by atoms with Crippen molar-refractivity contribution < 1.29 is 9.47 Å². The van der Waals surface area contributed by atoms with Crippen LogP contribution in [-0.2, 0) is 13.2 Å². The van der Waals surface area contributed by atoms with E-state index in [1.54, 1.807) is 24.8 Å². The van der Waals surface area contributed by atoms with Gasteiger partial charge in [-0.15, -0.1) is 0 Å². The first-order valence-corrected chi connectivity index (χ1v) is 7.04. The van der Waals surface area contributed by atoms with Gasteiger partial charge in [0.2, 0.25) is 0 Å². The second kappa shape index (κ2) is 7.22. The molecule has 0 saturated carbocycles. The molecule has 4 nitrogen and oxygen atoms in total. The van der Waals surface area contributed by atoms with Crippen molar-refractivity contribution in [1.29, 1.82) is 0 Å². The van der Waals surface area contributed by atoms with Crippen LogP contribution in [0.3, 0.4) is 0 Å². The monoisotopic (exact) mass is 292 g/mol. The van der Waals surface area contributed by atoms with Crippen LogP contribution >= 0.6 is 0 Å². The second-order valence-corrected chi connectivity index (χ2v) is 4.75. The predicted molar refractivity (Wildman–Crippen MR) is 83.6 cm³/mol. The van der Waals surface area contributed by atoms with Crippen molar-refractivity contribution in [2.45, 2.75) is 13.2 Å². The second-order valence-electron chi connectivity index (χ2n) is 4.75. The van der Waals surface area contributed by atoms with Gasteiger partial charge in [0.25, 0.3) is 0 Å². The molecule has 4 heteroatoms. The molecule has 0 fully saturated rings. The van der Waals surface area contributed by atoms with E-state index in [1.807, 2.05) is 48.5 Å². The van der Waals surface area contributed by atoms with Gasteiger partial charge in [-0.3, -0.25) is 9.97 Å². The van der Waals surface area contributed by atoms with E-state index in [0.29, 0.717) is 13.2 Å². The van der Waals surface area contributed by atoms with Gasteiger partial charge in [0, 0.05) is 35.9 Å². The molecule has 0 spiro atoms. The lowest BCUT2D eigenvalue weighted by Gasteiger charge is -2.12. The third-order valence-electron chi connectivity index (χ3n) is 3.08. The number of nitrogens with zero attached hydrogens (tertiary/aromatic N) is 2. The number of hydrogen-bond acceptors (Lipinski definition) is 4. The van der Waals surface area contributed by atoms with Gasteiger partial charge in [-0.25, -0.2) is 0 Å². The maximum absolute atomic E-state index is 5.83. The standard InChI is InChI=1S/C18H16N2O2/c1-2-8-18(22-14-16-6-4-10-20-12-16)17(7-1)21-13-15-5-3-9-19-11-15/h1-12H,13-14H2. The minimum absolute atomic E-state index is 0.459. The number of aromatic nitrogens is 2. The van der Waals surface area contributed by atoms with E-state index < -0.39 is 0 Å². The van der Waals surface area contributed by atoms with Gasteiger partial charge >= 0.3 is 0 Å². The van der Waals surface area contributed by atoms with Crippen LogP contribution in [0.5, 0.6) is 11.5 Å². The maximum Gasteiger partial charge on any atom is 0.161 e. The molecule has 0 aliphatic rings. The molecule has 3 aromatic rings. The summed E-state index contributed by atoms with van der Waals surface area (Å²) in [6.07, 6.45) is 7.07. The first-order chi connectivity index (χ1) is 10.9. The average Bonchev–Trinajstić information content (AvgIpc) is 2.61. The molecule has 0 bridgehead atoms. The van der Waals surface area contributed by atoms with Crippen LogP contribution in [0.1, 0.15) is 11.1 Å². The summed E-state index contributed by atoms with van der Waals surface area (Å²) in [6, 6.07) is 15.4. The topological polar surface area (TPSA) is 44.2 Å². The lowest BCUT2D eigenvalue weighted by Crippen LogP contribution is -2.00. The number of para-hydroxylation sites is 2. The zero-order valence-corrected chi connectivity index (χ0v) is 12.1. The fourth-order valence-electron chi connectivity index (χ4n) is 1.98. The molecule has 0 N–H and O–H groups in total. The van der Waals surface area contributed by atoms with Crippen molar-refractivity contribution in [2.75, 3.05) is 0 Å². The van der Waals surface area contributed by atoms with Crippen molar-refractivity contribution in [3.8, 4) is 11.5 Å². The molecule has 3 rings (SSSR count). The fraction of sp³-hybridized carbons (Fsp3) is 0.111. The third-order valence-corrected chi connectivity index (χ3v) is 3.08. The molecule has 0 saturated heterocycles. The zero-order valence-electron chi connectivity index (χ0n) is 12.1. The maximum atomic E-state index is 5.83. The van der Waals surface area contributed by atoms with Crippen LogP contribution in [0.25, 0.3) is 0 Å². The highest BCUT2D eigenvalue weighted by molar-refractivity contribution is 5.39.